The summed E-state index contributed by atoms with van der Waals surface area (Å²) in [7, 11) is 0. The fourth-order valence-electron chi connectivity index (χ4n) is 3.16. The summed E-state index contributed by atoms with van der Waals surface area (Å²) in [5.74, 6) is -1.26. The molecule has 7 nitrogen and oxygen atoms in total. The van der Waals surface area contributed by atoms with E-state index in [4.69, 9.17) is 0 Å². The second kappa shape index (κ2) is 7.26. The van der Waals surface area contributed by atoms with Gasteiger partial charge >= 0.3 is 6.03 Å². The summed E-state index contributed by atoms with van der Waals surface area (Å²) in [4.78, 5) is 50.3. The molecule has 0 spiro atoms. The first-order chi connectivity index (χ1) is 13.2. The van der Waals surface area contributed by atoms with Crippen LogP contribution < -0.4 is 10.6 Å². The molecule has 3 rings (SSSR count). The summed E-state index contributed by atoms with van der Waals surface area (Å²) in [6, 6.07) is 13.2. The van der Waals surface area contributed by atoms with Crippen molar-refractivity contribution in [1.29, 1.82) is 0 Å². The van der Waals surface area contributed by atoms with Gasteiger partial charge in [-0.05, 0) is 38.5 Å². The Morgan fingerprint density at radius 2 is 1.71 bits per heavy atom. The van der Waals surface area contributed by atoms with Crippen LogP contribution >= 0.6 is 0 Å². The van der Waals surface area contributed by atoms with Gasteiger partial charge in [-0.15, -0.1) is 0 Å². The van der Waals surface area contributed by atoms with Crippen LogP contribution in [0.15, 0.2) is 48.5 Å². The first-order valence-corrected chi connectivity index (χ1v) is 8.83. The summed E-state index contributed by atoms with van der Waals surface area (Å²) in [6.45, 7) is 4.49. The molecule has 1 aliphatic rings. The number of hydrogen-bond donors (Lipinski definition) is 2. The molecule has 144 valence electrons. The van der Waals surface area contributed by atoms with Crippen LogP contribution in [-0.4, -0.2) is 35.1 Å². The molecule has 4 amide bonds. The molecular weight excluding hydrogens is 358 g/mol. The highest BCUT2D eigenvalue weighted by Gasteiger charge is 2.49. The number of urea groups is 1. The van der Waals surface area contributed by atoms with Crippen molar-refractivity contribution in [1.82, 2.24) is 10.2 Å². The maximum absolute atomic E-state index is 12.9. The molecule has 1 saturated heterocycles. The van der Waals surface area contributed by atoms with E-state index in [2.05, 4.69) is 10.6 Å². The molecule has 2 aromatic carbocycles. The van der Waals surface area contributed by atoms with Crippen LogP contribution in [0, 0.1) is 6.92 Å². The highest BCUT2D eigenvalue weighted by atomic mass is 16.2. The van der Waals surface area contributed by atoms with E-state index in [0.29, 0.717) is 16.8 Å². The molecule has 1 aliphatic heterocycles. The Balaban J connectivity index is 1.77. The third kappa shape index (κ3) is 3.51. The predicted octanol–water partition coefficient (Wildman–Crippen LogP) is 2.60. The van der Waals surface area contributed by atoms with E-state index in [9.17, 15) is 19.2 Å². The third-order valence-electron chi connectivity index (χ3n) is 4.79. The highest BCUT2D eigenvalue weighted by molar-refractivity contribution is 6.11. The number of ketones is 1. The zero-order chi connectivity index (χ0) is 20.5. The second-order valence-corrected chi connectivity index (χ2v) is 6.96. The minimum atomic E-state index is -1.23. The van der Waals surface area contributed by atoms with E-state index in [1.54, 1.807) is 43.3 Å². The molecule has 1 heterocycles. The Hall–Kier alpha value is -3.48. The molecule has 0 saturated carbocycles. The smallest absolute Gasteiger partial charge is 0.324 e. The van der Waals surface area contributed by atoms with Gasteiger partial charge in [0.25, 0.3) is 5.91 Å². The Labute approximate surface area is 162 Å². The lowest BCUT2D eigenvalue weighted by atomic mass is 9.91. The van der Waals surface area contributed by atoms with Gasteiger partial charge in [0.2, 0.25) is 5.91 Å². The number of rotatable bonds is 5. The lowest BCUT2D eigenvalue weighted by Crippen LogP contribution is -2.42. The monoisotopic (exact) mass is 379 g/mol. The number of para-hydroxylation sites is 1. The number of aryl methyl sites for hydroxylation is 1. The van der Waals surface area contributed by atoms with Gasteiger partial charge in [-0.1, -0.05) is 42.0 Å². The number of carbonyl (C=O) groups is 4. The highest BCUT2D eigenvalue weighted by Crippen LogP contribution is 2.29. The van der Waals surface area contributed by atoms with E-state index in [1.165, 1.54) is 6.92 Å². The van der Waals surface area contributed by atoms with Gasteiger partial charge < -0.3 is 10.6 Å². The first-order valence-electron chi connectivity index (χ1n) is 8.83. The van der Waals surface area contributed by atoms with Crippen molar-refractivity contribution in [2.45, 2.75) is 26.3 Å². The quantitative estimate of drug-likeness (QED) is 0.617. The Kier molecular flexibility index (Phi) is 5.00. The van der Waals surface area contributed by atoms with Crippen LogP contribution in [0.3, 0.4) is 0 Å². The number of hydrogen-bond acceptors (Lipinski definition) is 4. The molecule has 0 aromatic heterocycles. The zero-order valence-electron chi connectivity index (χ0n) is 15.9. The van der Waals surface area contributed by atoms with Gasteiger partial charge in [0.15, 0.2) is 5.78 Å². The van der Waals surface area contributed by atoms with Gasteiger partial charge in [-0.2, -0.15) is 0 Å². The molecule has 2 N–H and O–H groups in total. The Morgan fingerprint density at radius 3 is 2.36 bits per heavy atom. The van der Waals surface area contributed by atoms with E-state index in [1.807, 2.05) is 19.1 Å². The van der Waals surface area contributed by atoms with Crippen molar-refractivity contribution >= 4 is 29.3 Å². The van der Waals surface area contributed by atoms with Crippen LogP contribution in [0.1, 0.15) is 35.3 Å². The minimum absolute atomic E-state index is 0.196. The van der Waals surface area contributed by atoms with E-state index < -0.39 is 29.9 Å². The average Bonchev–Trinajstić information content (AvgIpc) is 2.86. The Bertz CT molecular complexity index is 968. The number of nitrogens with one attached hydrogen (secondary N) is 2. The first kappa shape index (κ1) is 19.3. The Morgan fingerprint density at radius 1 is 1.07 bits per heavy atom. The van der Waals surface area contributed by atoms with Crippen LogP contribution in [0.5, 0.6) is 0 Å². The largest absolute Gasteiger partial charge is 0.325 e. The summed E-state index contributed by atoms with van der Waals surface area (Å²) in [6.07, 6.45) is 0. The molecule has 1 fully saturated rings. The summed E-state index contributed by atoms with van der Waals surface area (Å²) in [5, 5.41) is 5.27. The molecule has 7 heteroatoms. The number of benzene rings is 2. The van der Waals surface area contributed by atoms with Gasteiger partial charge in [-0.25, -0.2) is 4.79 Å². The number of amides is 4. The molecule has 0 aliphatic carbocycles. The van der Waals surface area contributed by atoms with Gasteiger partial charge in [0, 0.05) is 5.56 Å². The van der Waals surface area contributed by atoms with Crippen LogP contribution in [0.4, 0.5) is 10.5 Å². The summed E-state index contributed by atoms with van der Waals surface area (Å²) < 4.78 is 0. The zero-order valence-corrected chi connectivity index (χ0v) is 15.9. The number of anilines is 1. The predicted molar refractivity (Wildman–Crippen MR) is 104 cm³/mol. The molecular formula is C21H21N3O4. The maximum atomic E-state index is 12.9. The topological polar surface area (TPSA) is 95.6 Å². The standard InChI is InChI=1S/C21H21N3O4/c1-13-8-10-15(11-9-13)21(3)19(27)24(20(28)23-21)12-18(26)22-17-7-5-4-6-16(17)14(2)25/h4-11H,12H2,1-3H3,(H,22,26)(H,23,28)/t21-/m1/s1. The van der Waals surface area contributed by atoms with Crippen molar-refractivity contribution in [3.63, 3.8) is 0 Å². The van der Waals surface area contributed by atoms with Crippen molar-refractivity contribution in [3.8, 4) is 0 Å². The lowest BCUT2D eigenvalue weighted by molar-refractivity contribution is -0.133. The number of carbonyl (C=O) groups excluding carboxylic acids is 4. The third-order valence-corrected chi connectivity index (χ3v) is 4.79. The van der Waals surface area contributed by atoms with Crippen molar-refractivity contribution in [3.05, 3.63) is 65.2 Å². The normalized spacial score (nSPS) is 18.8. The van der Waals surface area contributed by atoms with Crippen LogP contribution in [0.2, 0.25) is 0 Å². The van der Waals surface area contributed by atoms with E-state index in [0.717, 1.165) is 10.5 Å². The minimum Gasteiger partial charge on any atom is -0.324 e. The van der Waals surface area contributed by atoms with Crippen LogP contribution in [-0.2, 0) is 15.1 Å². The second-order valence-electron chi connectivity index (χ2n) is 6.96. The fourth-order valence-corrected chi connectivity index (χ4v) is 3.16. The molecule has 0 radical (unpaired) electrons. The number of imide groups is 1. The van der Waals surface area contributed by atoms with Crippen molar-refractivity contribution in [2.75, 3.05) is 11.9 Å². The SMILES string of the molecule is CC(=O)c1ccccc1NC(=O)CN1C(=O)N[C@](C)(c2ccc(C)cc2)C1=O. The van der Waals surface area contributed by atoms with E-state index in [-0.39, 0.29) is 5.78 Å². The van der Waals surface area contributed by atoms with Gasteiger partial charge in [0.05, 0.1) is 5.69 Å². The van der Waals surface area contributed by atoms with E-state index >= 15 is 0 Å². The molecule has 28 heavy (non-hydrogen) atoms. The fraction of sp³-hybridized carbons (Fsp3) is 0.238. The number of Topliss-reactive ketones (excluding diaryl/α,β-unsaturated/α-hetero) is 1. The molecule has 0 bridgehead atoms. The number of nitrogens with zero attached hydrogens (tertiary/aromatic N) is 1. The summed E-state index contributed by atoms with van der Waals surface area (Å²) >= 11 is 0. The van der Waals surface area contributed by atoms with Gasteiger partial charge in [-0.3, -0.25) is 19.3 Å². The molecule has 1 atom stereocenters. The average molecular weight is 379 g/mol. The maximum Gasteiger partial charge on any atom is 0.325 e. The summed E-state index contributed by atoms with van der Waals surface area (Å²) in [5.41, 5.74) is 1.14. The molecule has 2 aromatic rings. The van der Waals surface area contributed by atoms with Crippen molar-refractivity contribution in [2.24, 2.45) is 0 Å². The molecule has 0 unspecified atom stereocenters. The van der Waals surface area contributed by atoms with Gasteiger partial charge in [0.1, 0.15) is 12.1 Å². The lowest BCUT2D eigenvalue weighted by Gasteiger charge is -2.22. The van der Waals surface area contributed by atoms with Crippen molar-refractivity contribution < 1.29 is 19.2 Å². The van der Waals surface area contributed by atoms with Crippen LogP contribution in [0.25, 0.3) is 0 Å².